The number of aliphatic carboxylic acids is 1. The van der Waals surface area contributed by atoms with Gasteiger partial charge in [-0.25, -0.2) is 9.37 Å². The van der Waals surface area contributed by atoms with E-state index in [1.54, 1.807) is 0 Å². The van der Waals surface area contributed by atoms with Crippen molar-refractivity contribution in [1.29, 1.82) is 0 Å². The summed E-state index contributed by atoms with van der Waals surface area (Å²) in [5, 5.41) is 8.76. The van der Waals surface area contributed by atoms with Gasteiger partial charge >= 0.3 is 5.97 Å². The molecule has 96 valence electrons. The molecule has 1 unspecified atom stereocenters. The molecule has 2 heterocycles. The summed E-state index contributed by atoms with van der Waals surface area (Å²) in [6.45, 7) is 0.434. The summed E-state index contributed by atoms with van der Waals surface area (Å²) in [4.78, 5) is 27.7. The molecular weight excluding hydrogens is 263 g/mol. The van der Waals surface area contributed by atoms with Gasteiger partial charge in [0.05, 0.1) is 17.7 Å². The van der Waals surface area contributed by atoms with Gasteiger partial charge in [0, 0.05) is 13.1 Å². The maximum absolute atomic E-state index is 13.0. The largest absolute Gasteiger partial charge is 0.481 e. The normalized spacial score (nSPS) is 19.0. The molecule has 5 nitrogen and oxygen atoms in total. The van der Waals surface area contributed by atoms with Crippen LogP contribution in [0.3, 0.4) is 0 Å². The number of carboxylic acids is 1. The van der Waals surface area contributed by atoms with Crippen molar-refractivity contribution >= 4 is 23.5 Å². The minimum absolute atomic E-state index is 0.0392. The molecule has 18 heavy (non-hydrogen) atoms. The molecule has 1 aromatic rings. The maximum atomic E-state index is 13.0. The van der Waals surface area contributed by atoms with Crippen molar-refractivity contribution in [2.24, 2.45) is 5.92 Å². The zero-order valence-corrected chi connectivity index (χ0v) is 10.0. The summed E-state index contributed by atoms with van der Waals surface area (Å²) < 4.78 is 13.0. The Hall–Kier alpha value is -1.69. The van der Waals surface area contributed by atoms with E-state index in [1.165, 1.54) is 4.90 Å². The fourth-order valence-corrected chi connectivity index (χ4v) is 2.07. The fraction of sp³-hybridized carbons (Fsp3) is 0.364. The highest BCUT2D eigenvalue weighted by Gasteiger charge is 2.32. The number of likely N-dealkylation sites (tertiary alicyclic amines) is 1. The lowest BCUT2D eigenvalue weighted by Gasteiger charge is -2.16. The first-order valence-electron chi connectivity index (χ1n) is 5.32. The molecule has 1 aliphatic rings. The Morgan fingerprint density at radius 2 is 2.28 bits per heavy atom. The SMILES string of the molecule is O=C(O)C1CCN(C(=O)c2cc(F)cnc2Cl)C1. The molecular formula is C11H10ClFN2O3. The lowest BCUT2D eigenvalue weighted by atomic mass is 10.1. The molecule has 1 aromatic heterocycles. The Balaban J connectivity index is 2.17. The van der Waals surface area contributed by atoms with Crippen molar-refractivity contribution in [2.75, 3.05) is 13.1 Å². The Labute approximate surface area is 107 Å². The van der Waals surface area contributed by atoms with Crippen LogP contribution in [0.25, 0.3) is 0 Å². The van der Waals surface area contributed by atoms with Crippen LogP contribution in [-0.2, 0) is 4.79 Å². The van der Waals surface area contributed by atoms with E-state index < -0.39 is 23.6 Å². The number of hydrogen-bond acceptors (Lipinski definition) is 3. The van der Waals surface area contributed by atoms with Crippen molar-refractivity contribution in [2.45, 2.75) is 6.42 Å². The quantitative estimate of drug-likeness (QED) is 0.827. The molecule has 1 N–H and O–H groups in total. The van der Waals surface area contributed by atoms with E-state index in [0.717, 1.165) is 12.3 Å². The number of hydrogen-bond donors (Lipinski definition) is 1. The van der Waals surface area contributed by atoms with Crippen molar-refractivity contribution < 1.29 is 19.1 Å². The van der Waals surface area contributed by atoms with E-state index in [0.29, 0.717) is 13.0 Å². The van der Waals surface area contributed by atoms with E-state index in [1.807, 2.05) is 0 Å². The molecule has 0 saturated carbocycles. The van der Waals surface area contributed by atoms with E-state index in [2.05, 4.69) is 4.98 Å². The van der Waals surface area contributed by atoms with Gasteiger partial charge in [-0.3, -0.25) is 9.59 Å². The van der Waals surface area contributed by atoms with E-state index in [9.17, 15) is 14.0 Å². The fourth-order valence-electron chi connectivity index (χ4n) is 1.89. The average Bonchev–Trinajstić information content (AvgIpc) is 2.81. The van der Waals surface area contributed by atoms with Crippen molar-refractivity contribution in [3.63, 3.8) is 0 Å². The third-order valence-electron chi connectivity index (χ3n) is 2.86. The van der Waals surface area contributed by atoms with Gasteiger partial charge < -0.3 is 10.0 Å². The van der Waals surface area contributed by atoms with Crippen LogP contribution in [-0.4, -0.2) is 40.0 Å². The van der Waals surface area contributed by atoms with E-state index in [4.69, 9.17) is 16.7 Å². The number of carbonyl (C=O) groups is 2. The summed E-state index contributed by atoms with van der Waals surface area (Å²) >= 11 is 5.73. The zero-order valence-electron chi connectivity index (χ0n) is 9.27. The molecule has 0 spiro atoms. The predicted molar refractivity (Wildman–Crippen MR) is 60.9 cm³/mol. The number of aromatic nitrogens is 1. The Kier molecular flexibility index (Phi) is 3.47. The van der Waals surface area contributed by atoms with E-state index >= 15 is 0 Å². The van der Waals surface area contributed by atoms with Crippen LogP contribution < -0.4 is 0 Å². The van der Waals surface area contributed by atoms with E-state index in [-0.39, 0.29) is 17.3 Å². The minimum atomic E-state index is -0.936. The standard InChI is InChI=1S/C11H10ClFN2O3/c12-9-8(3-7(13)4-14-9)10(16)15-2-1-6(5-15)11(17)18/h3-4,6H,1-2,5H2,(H,17,18). The van der Waals surface area contributed by atoms with Crippen LogP contribution in [0, 0.1) is 11.7 Å². The van der Waals surface area contributed by atoms with Crippen LogP contribution in [0.1, 0.15) is 16.8 Å². The second kappa shape index (κ2) is 4.89. The number of pyridine rings is 1. The maximum Gasteiger partial charge on any atom is 0.308 e. The Bertz CT molecular complexity index is 509. The summed E-state index contributed by atoms with van der Waals surface area (Å²) in [5.74, 6) is -2.66. The Morgan fingerprint density at radius 3 is 2.89 bits per heavy atom. The lowest BCUT2D eigenvalue weighted by molar-refractivity contribution is -0.141. The summed E-state index contributed by atoms with van der Waals surface area (Å²) in [7, 11) is 0. The third kappa shape index (κ3) is 2.43. The summed E-state index contributed by atoms with van der Waals surface area (Å²) in [6, 6.07) is 1.01. The van der Waals surface area contributed by atoms with Crippen LogP contribution in [0.5, 0.6) is 0 Å². The van der Waals surface area contributed by atoms with Crippen molar-refractivity contribution in [3.8, 4) is 0 Å². The van der Waals surface area contributed by atoms with Gasteiger partial charge in [-0.15, -0.1) is 0 Å². The number of carboxylic acid groups (broad SMARTS) is 1. The topological polar surface area (TPSA) is 70.5 Å². The first-order valence-corrected chi connectivity index (χ1v) is 5.70. The van der Waals surface area contributed by atoms with Crippen LogP contribution in [0.4, 0.5) is 4.39 Å². The highest BCUT2D eigenvalue weighted by molar-refractivity contribution is 6.32. The molecule has 2 rings (SSSR count). The molecule has 1 atom stereocenters. The minimum Gasteiger partial charge on any atom is -0.481 e. The molecule has 1 saturated heterocycles. The molecule has 1 aliphatic heterocycles. The molecule has 1 amide bonds. The third-order valence-corrected chi connectivity index (χ3v) is 3.16. The lowest BCUT2D eigenvalue weighted by Crippen LogP contribution is -2.30. The van der Waals surface area contributed by atoms with Crippen LogP contribution in [0.2, 0.25) is 5.15 Å². The molecule has 1 fully saturated rings. The first-order chi connectivity index (χ1) is 8.49. The number of carbonyl (C=O) groups excluding carboxylic acids is 1. The van der Waals surface area contributed by atoms with Crippen molar-refractivity contribution in [3.05, 3.63) is 28.8 Å². The second-order valence-electron chi connectivity index (χ2n) is 4.07. The van der Waals surface area contributed by atoms with Gasteiger partial charge in [-0.1, -0.05) is 11.6 Å². The predicted octanol–water partition coefficient (Wildman–Crippen LogP) is 1.42. The van der Waals surface area contributed by atoms with Gasteiger partial charge in [-0.05, 0) is 12.5 Å². The molecule has 0 aliphatic carbocycles. The number of nitrogens with zero attached hydrogens (tertiary/aromatic N) is 2. The highest BCUT2D eigenvalue weighted by Crippen LogP contribution is 2.22. The Morgan fingerprint density at radius 1 is 1.56 bits per heavy atom. The second-order valence-corrected chi connectivity index (χ2v) is 4.42. The molecule has 0 radical (unpaired) electrons. The smallest absolute Gasteiger partial charge is 0.308 e. The van der Waals surface area contributed by atoms with Gasteiger partial charge in [0.25, 0.3) is 5.91 Å². The summed E-state index contributed by atoms with van der Waals surface area (Å²) in [6.07, 6.45) is 1.31. The molecule has 0 aromatic carbocycles. The number of halogens is 2. The van der Waals surface area contributed by atoms with Gasteiger partial charge in [0.1, 0.15) is 11.0 Å². The van der Waals surface area contributed by atoms with Gasteiger partial charge in [-0.2, -0.15) is 0 Å². The summed E-state index contributed by atoms with van der Waals surface area (Å²) in [5.41, 5.74) is -0.0392. The van der Waals surface area contributed by atoms with Crippen molar-refractivity contribution in [1.82, 2.24) is 9.88 Å². The van der Waals surface area contributed by atoms with Crippen LogP contribution in [0.15, 0.2) is 12.3 Å². The van der Waals surface area contributed by atoms with Crippen LogP contribution >= 0.6 is 11.6 Å². The monoisotopic (exact) mass is 272 g/mol. The number of amides is 1. The molecule has 0 bridgehead atoms. The zero-order chi connectivity index (χ0) is 13.3. The average molecular weight is 273 g/mol. The van der Waals surface area contributed by atoms with Gasteiger partial charge in [0.2, 0.25) is 0 Å². The first kappa shape index (κ1) is 12.8. The molecule has 7 heteroatoms. The highest BCUT2D eigenvalue weighted by atomic mass is 35.5. The number of rotatable bonds is 2. The van der Waals surface area contributed by atoms with Gasteiger partial charge in [0.15, 0.2) is 0 Å².